The average molecular weight is 198 g/mol. The second-order valence-corrected chi connectivity index (χ2v) is 4.97. The fourth-order valence-electron chi connectivity index (χ4n) is 3.28. The van der Waals surface area contributed by atoms with Crippen LogP contribution in [-0.4, -0.2) is 30.3 Å². The van der Waals surface area contributed by atoms with E-state index in [1.807, 2.05) is 0 Å². The normalized spacial score (nSPS) is 30.4. The molecule has 14 heavy (non-hydrogen) atoms. The molecule has 1 heterocycles. The third-order valence-electron chi connectivity index (χ3n) is 4.37. The second-order valence-electron chi connectivity index (χ2n) is 4.97. The van der Waals surface area contributed by atoms with Crippen molar-refractivity contribution >= 4 is 0 Å². The molecule has 2 rings (SSSR count). The zero-order valence-electron chi connectivity index (χ0n) is 8.89. The lowest BCUT2D eigenvalue weighted by molar-refractivity contribution is -0.0982. The van der Waals surface area contributed by atoms with Crippen molar-refractivity contribution in [2.75, 3.05) is 19.6 Å². The predicted octanol–water partition coefficient (Wildman–Crippen LogP) is 0.620. The summed E-state index contributed by atoms with van der Waals surface area (Å²) in [6.07, 6.45) is 6.49. The monoisotopic (exact) mass is 198 g/mol. The van der Waals surface area contributed by atoms with Crippen molar-refractivity contribution in [1.82, 2.24) is 5.32 Å². The molecule has 0 bridgehead atoms. The summed E-state index contributed by atoms with van der Waals surface area (Å²) in [5, 5.41) is 14.0. The number of hydrogen-bond acceptors (Lipinski definition) is 3. The van der Waals surface area contributed by atoms with Gasteiger partial charge in [-0.15, -0.1) is 0 Å². The van der Waals surface area contributed by atoms with Gasteiger partial charge in [0.2, 0.25) is 0 Å². The molecule has 2 aliphatic rings. The zero-order valence-corrected chi connectivity index (χ0v) is 8.89. The molecule has 3 nitrogen and oxygen atoms in total. The SMILES string of the molecule is NCC1(C2(O)CCNCC2)CCCC1. The van der Waals surface area contributed by atoms with Gasteiger partial charge in [0, 0.05) is 12.0 Å². The molecule has 0 spiro atoms. The van der Waals surface area contributed by atoms with Crippen LogP contribution in [0.15, 0.2) is 0 Å². The van der Waals surface area contributed by atoms with E-state index in [4.69, 9.17) is 5.73 Å². The van der Waals surface area contributed by atoms with Crippen molar-refractivity contribution in [2.45, 2.75) is 44.1 Å². The van der Waals surface area contributed by atoms with Gasteiger partial charge in [-0.1, -0.05) is 12.8 Å². The maximum atomic E-state index is 10.7. The summed E-state index contributed by atoms with van der Waals surface area (Å²) < 4.78 is 0. The highest BCUT2D eigenvalue weighted by molar-refractivity contribution is 5.03. The molecule has 2 fully saturated rings. The fourth-order valence-corrected chi connectivity index (χ4v) is 3.28. The molecule has 1 aliphatic heterocycles. The van der Waals surface area contributed by atoms with Crippen molar-refractivity contribution in [3.63, 3.8) is 0 Å². The summed E-state index contributed by atoms with van der Waals surface area (Å²) in [5.74, 6) is 0. The fraction of sp³-hybridized carbons (Fsp3) is 1.00. The largest absolute Gasteiger partial charge is 0.389 e. The zero-order chi connectivity index (χ0) is 10.1. The first-order chi connectivity index (χ1) is 6.72. The van der Waals surface area contributed by atoms with Crippen LogP contribution in [0.1, 0.15) is 38.5 Å². The van der Waals surface area contributed by atoms with Gasteiger partial charge in [0.25, 0.3) is 0 Å². The molecule has 0 atom stereocenters. The van der Waals surface area contributed by atoms with Crippen molar-refractivity contribution in [2.24, 2.45) is 11.1 Å². The highest BCUT2D eigenvalue weighted by Crippen LogP contribution is 2.49. The van der Waals surface area contributed by atoms with Crippen molar-refractivity contribution in [3.8, 4) is 0 Å². The molecule has 1 saturated heterocycles. The van der Waals surface area contributed by atoms with Gasteiger partial charge in [-0.05, 0) is 38.8 Å². The van der Waals surface area contributed by atoms with Gasteiger partial charge >= 0.3 is 0 Å². The molecule has 0 amide bonds. The molecule has 3 heteroatoms. The summed E-state index contributed by atoms with van der Waals surface area (Å²) in [4.78, 5) is 0. The Bertz CT molecular complexity index is 193. The van der Waals surface area contributed by atoms with Crippen LogP contribution >= 0.6 is 0 Å². The molecule has 0 aromatic rings. The molecule has 4 N–H and O–H groups in total. The lowest BCUT2D eigenvalue weighted by atomic mass is 9.66. The van der Waals surface area contributed by atoms with Gasteiger partial charge in [-0.25, -0.2) is 0 Å². The van der Waals surface area contributed by atoms with Crippen LogP contribution in [0.2, 0.25) is 0 Å². The smallest absolute Gasteiger partial charge is 0.0739 e. The number of piperidine rings is 1. The van der Waals surface area contributed by atoms with E-state index in [0.717, 1.165) is 38.8 Å². The molecule has 0 unspecified atom stereocenters. The number of aliphatic hydroxyl groups is 1. The molecule has 0 radical (unpaired) electrons. The third-order valence-corrected chi connectivity index (χ3v) is 4.37. The quantitative estimate of drug-likeness (QED) is 0.609. The van der Waals surface area contributed by atoms with E-state index in [1.54, 1.807) is 0 Å². The number of nitrogens with two attached hydrogens (primary N) is 1. The van der Waals surface area contributed by atoms with Crippen LogP contribution in [0.4, 0.5) is 0 Å². The van der Waals surface area contributed by atoms with E-state index >= 15 is 0 Å². The lowest BCUT2D eigenvalue weighted by Crippen LogP contribution is -2.56. The maximum Gasteiger partial charge on any atom is 0.0739 e. The van der Waals surface area contributed by atoms with Gasteiger partial charge in [0.1, 0.15) is 0 Å². The minimum Gasteiger partial charge on any atom is -0.389 e. The van der Waals surface area contributed by atoms with Crippen LogP contribution < -0.4 is 11.1 Å². The van der Waals surface area contributed by atoms with E-state index in [0.29, 0.717) is 6.54 Å². The third kappa shape index (κ3) is 1.47. The van der Waals surface area contributed by atoms with Crippen molar-refractivity contribution in [3.05, 3.63) is 0 Å². The average Bonchev–Trinajstić information content (AvgIpc) is 2.68. The molecule has 0 aromatic heterocycles. The molecule has 1 aliphatic carbocycles. The number of rotatable bonds is 2. The maximum absolute atomic E-state index is 10.7. The van der Waals surface area contributed by atoms with Gasteiger partial charge in [0.15, 0.2) is 0 Å². The predicted molar refractivity (Wildman–Crippen MR) is 57.0 cm³/mol. The molecule has 1 saturated carbocycles. The standard InChI is InChI=1S/C11H22N2O/c12-9-10(3-1-2-4-10)11(14)5-7-13-8-6-11/h13-14H,1-9,12H2. The van der Waals surface area contributed by atoms with Crippen LogP contribution in [0, 0.1) is 5.41 Å². The first-order valence-electron chi connectivity index (χ1n) is 5.86. The number of hydrogen-bond donors (Lipinski definition) is 3. The van der Waals surface area contributed by atoms with Crippen LogP contribution in [0.25, 0.3) is 0 Å². The molecule has 0 aromatic carbocycles. The summed E-state index contributed by atoms with van der Waals surface area (Å²) in [6, 6.07) is 0. The van der Waals surface area contributed by atoms with Gasteiger partial charge in [0.05, 0.1) is 5.60 Å². The summed E-state index contributed by atoms with van der Waals surface area (Å²) in [6.45, 7) is 2.54. The van der Waals surface area contributed by atoms with E-state index in [2.05, 4.69) is 5.32 Å². The lowest BCUT2D eigenvalue weighted by Gasteiger charge is -2.47. The van der Waals surface area contributed by atoms with Gasteiger partial charge < -0.3 is 16.2 Å². The Balaban J connectivity index is 2.15. The highest BCUT2D eigenvalue weighted by Gasteiger charge is 2.50. The van der Waals surface area contributed by atoms with Crippen molar-refractivity contribution in [1.29, 1.82) is 0 Å². The van der Waals surface area contributed by atoms with Crippen LogP contribution in [0.3, 0.4) is 0 Å². The Morgan fingerprint density at radius 2 is 1.64 bits per heavy atom. The Hall–Kier alpha value is -0.120. The van der Waals surface area contributed by atoms with Gasteiger partial charge in [-0.3, -0.25) is 0 Å². The minimum atomic E-state index is -0.483. The van der Waals surface area contributed by atoms with E-state index in [9.17, 15) is 5.11 Å². The molecular weight excluding hydrogens is 176 g/mol. The summed E-state index contributed by atoms with van der Waals surface area (Å²) in [5.41, 5.74) is 5.46. The minimum absolute atomic E-state index is 0.0368. The van der Waals surface area contributed by atoms with Gasteiger partial charge in [-0.2, -0.15) is 0 Å². The van der Waals surface area contributed by atoms with Crippen molar-refractivity contribution < 1.29 is 5.11 Å². The van der Waals surface area contributed by atoms with E-state index in [1.165, 1.54) is 12.8 Å². The van der Waals surface area contributed by atoms with Crippen LogP contribution in [0.5, 0.6) is 0 Å². The number of nitrogens with one attached hydrogen (secondary N) is 1. The highest BCUT2D eigenvalue weighted by atomic mass is 16.3. The van der Waals surface area contributed by atoms with E-state index < -0.39 is 5.60 Å². The Labute approximate surface area is 86.1 Å². The summed E-state index contributed by atoms with van der Waals surface area (Å²) in [7, 11) is 0. The second kappa shape index (κ2) is 3.80. The Morgan fingerprint density at radius 3 is 2.14 bits per heavy atom. The first-order valence-corrected chi connectivity index (χ1v) is 5.86. The Kier molecular flexibility index (Phi) is 2.82. The molecular formula is C11H22N2O. The summed E-state index contributed by atoms with van der Waals surface area (Å²) >= 11 is 0. The van der Waals surface area contributed by atoms with E-state index in [-0.39, 0.29) is 5.41 Å². The van der Waals surface area contributed by atoms with Crippen LogP contribution in [-0.2, 0) is 0 Å². The molecule has 82 valence electrons. The first kappa shape index (κ1) is 10.4. The topological polar surface area (TPSA) is 58.3 Å². The Morgan fingerprint density at radius 1 is 1.07 bits per heavy atom.